The van der Waals surface area contributed by atoms with Crippen LogP contribution in [0.5, 0.6) is 11.5 Å². The van der Waals surface area contributed by atoms with Crippen molar-refractivity contribution in [3.63, 3.8) is 0 Å². The molecule has 0 saturated carbocycles. The number of aromatic nitrogens is 6. The van der Waals surface area contributed by atoms with Gasteiger partial charge in [-0.3, -0.25) is 15.0 Å². The van der Waals surface area contributed by atoms with Gasteiger partial charge in [0, 0.05) is 73.2 Å². The molecule has 1 aliphatic heterocycles. The SMILES string of the molecule is N#Cc1ccc2c(c1)c1cc(C#N)ccc1n2-c1cccc2c1C1(c3ccc(-n4c5ccccc5c5ccncc54)cc3O2)c2cccnc2-c2ncc(-n3c4ccccc4c4ccccc43)cc21. The van der Waals surface area contributed by atoms with Crippen molar-refractivity contribution in [2.45, 2.75) is 5.41 Å². The summed E-state index contributed by atoms with van der Waals surface area (Å²) >= 11 is 0. The van der Waals surface area contributed by atoms with E-state index in [1.807, 2.05) is 73.3 Å². The first-order valence-corrected chi connectivity index (χ1v) is 22.8. The zero-order valence-corrected chi connectivity index (χ0v) is 36.5. The third kappa shape index (κ3) is 4.82. The van der Waals surface area contributed by atoms with Crippen molar-refractivity contribution in [2.24, 2.45) is 0 Å². The summed E-state index contributed by atoms with van der Waals surface area (Å²) in [5.41, 5.74) is 14.2. The van der Waals surface area contributed by atoms with Crippen LogP contribution < -0.4 is 4.74 Å². The molecule has 6 aromatic heterocycles. The number of fused-ring (bicyclic) bond motifs is 18. The van der Waals surface area contributed by atoms with Gasteiger partial charge in [0.05, 0.1) is 96.9 Å². The summed E-state index contributed by atoms with van der Waals surface area (Å²) in [6, 6.07) is 63.3. The highest BCUT2D eigenvalue weighted by molar-refractivity contribution is 6.12. The normalized spacial score (nSPS) is 14.5. The largest absolute Gasteiger partial charge is 0.457 e. The van der Waals surface area contributed by atoms with Gasteiger partial charge in [-0.05, 0) is 96.6 Å². The minimum Gasteiger partial charge on any atom is -0.457 e. The third-order valence-corrected chi connectivity index (χ3v) is 14.5. The zero-order chi connectivity index (χ0) is 45.5. The first-order chi connectivity index (χ1) is 34.1. The van der Waals surface area contributed by atoms with E-state index in [9.17, 15) is 10.5 Å². The Bertz CT molecular complexity index is 4340. The second-order valence-electron chi connectivity index (χ2n) is 17.8. The Morgan fingerprint density at radius 1 is 0.420 bits per heavy atom. The number of benzene rings is 7. The molecule has 0 fully saturated rings. The Kier molecular flexibility index (Phi) is 7.38. The quantitative estimate of drug-likeness (QED) is 0.175. The molecule has 0 radical (unpaired) electrons. The molecule has 1 spiro atoms. The molecule has 0 saturated heterocycles. The smallest absolute Gasteiger partial charge is 0.134 e. The Labute approximate surface area is 393 Å². The van der Waals surface area contributed by atoms with Gasteiger partial charge in [-0.25, -0.2) is 0 Å². The maximum Gasteiger partial charge on any atom is 0.134 e. The molecule has 15 rings (SSSR count). The van der Waals surface area contributed by atoms with E-state index in [1.165, 1.54) is 0 Å². The summed E-state index contributed by atoms with van der Waals surface area (Å²) in [5, 5.41) is 26.6. The number of ether oxygens (including phenoxy) is 1. The van der Waals surface area contributed by atoms with Crippen molar-refractivity contribution in [3.05, 3.63) is 228 Å². The lowest BCUT2D eigenvalue weighted by Gasteiger charge is -2.40. The Morgan fingerprint density at radius 3 is 1.72 bits per heavy atom. The minimum atomic E-state index is -1.02. The molecule has 69 heavy (non-hydrogen) atoms. The molecule has 1 atom stereocenters. The highest BCUT2D eigenvalue weighted by Crippen LogP contribution is 2.63. The average molecular weight is 881 g/mol. The van der Waals surface area contributed by atoms with Gasteiger partial charge in [-0.1, -0.05) is 72.8 Å². The fraction of sp³-hybridized carbons (Fsp3) is 0.0167. The minimum absolute atomic E-state index is 0.538. The van der Waals surface area contributed by atoms with Crippen molar-refractivity contribution in [2.75, 3.05) is 0 Å². The molecule has 318 valence electrons. The van der Waals surface area contributed by atoms with Crippen LogP contribution in [0.25, 0.3) is 93.9 Å². The van der Waals surface area contributed by atoms with E-state index in [-0.39, 0.29) is 0 Å². The standard InChI is InChI=1S/C60H32N8O/c61-31-35-18-22-51-43(27-35)44-28-36(32-62)19-23-52(44)68(51)53-16-7-17-55-57(53)60(45-21-20-37(30-56(45)69-55)66-48-13-4-3-11-41(48)42-24-26-63-34-54(42)66)46-12-8-25-64-58(46)59-47(60)29-38(33-65-59)67-49-14-5-1-9-39(49)40-10-2-6-15-50(40)67/h1-30,33-34H. The van der Waals surface area contributed by atoms with Gasteiger partial charge in [0.2, 0.25) is 0 Å². The van der Waals surface area contributed by atoms with E-state index in [4.69, 9.17) is 14.7 Å². The number of nitriles is 2. The lowest BCUT2D eigenvalue weighted by molar-refractivity contribution is 0.435. The van der Waals surface area contributed by atoms with Gasteiger partial charge >= 0.3 is 0 Å². The first-order valence-electron chi connectivity index (χ1n) is 22.8. The second-order valence-corrected chi connectivity index (χ2v) is 17.8. The van der Waals surface area contributed by atoms with E-state index in [0.717, 1.165) is 116 Å². The summed E-state index contributed by atoms with van der Waals surface area (Å²) < 4.78 is 14.2. The van der Waals surface area contributed by atoms with E-state index in [0.29, 0.717) is 22.6 Å². The van der Waals surface area contributed by atoms with Crippen LogP contribution in [-0.2, 0) is 5.41 Å². The fourth-order valence-electron chi connectivity index (χ4n) is 11.8. The summed E-state index contributed by atoms with van der Waals surface area (Å²) in [7, 11) is 0. The number of para-hydroxylation sites is 3. The molecular weight excluding hydrogens is 849 g/mol. The lowest BCUT2D eigenvalue weighted by atomic mass is 9.65. The van der Waals surface area contributed by atoms with E-state index in [2.05, 4.69) is 152 Å². The van der Waals surface area contributed by atoms with E-state index in [1.54, 1.807) is 0 Å². The molecule has 2 aliphatic rings. The van der Waals surface area contributed by atoms with Crippen LogP contribution in [0.1, 0.15) is 33.4 Å². The number of rotatable bonds is 3. The van der Waals surface area contributed by atoms with E-state index < -0.39 is 5.41 Å². The van der Waals surface area contributed by atoms with Gasteiger partial charge in [0.1, 0.15) is 11.5 Å². The monoisotopic (exact) mass is 880 g/mol. The number of hydrogen-bond acceptors (Lipinski definition) is 6. The zero-order valence-electron chi connectivity index (χ0n) is 36.5. The highest BCUT2D eigenvalue weighted by Gasteiger charge is 2.54. The molecule has 0 bridgehead atoms. The maximum atomic E-state index is 10.1. The van der Waals surface area contributed by atoms with Gasteiger partial charge in [0.25, 0.3) is 0 Å². The predicted molar refractivity (Wildman–Crippen MR) is 270 cm³/mol. The summed E-state index contributed by atoms with van der Waals surface area (Å²) in [6.45, 7) is 0. The summed E-state index contributed by atoms with van der Waals surface area (Å²) in [5.74, 6) is 1.39. The molecule has 1 unspecified atom stereocenters. The molecule has 7 heterocycles. The van der Waals surface area contributed by atoms with E-state index >= 15 is 0 Å². The lowest BCUT2D eigenvalue weighted by Crippen LogP contribution is -2.34. The molecule has 0 N–H and O–H groups in total. The molecule has 1 aliphatic carbocycles. The number of nitrogens with zero attached hydrogens (tertiary/aromatic N) is 8. The molecule has 9 heteroatoms. The molecular formula is C60H32N8O. The number of pyridine rings is 3. The maximum absolute atomic E-state index is 10.1. The van der Waals surface area contributed by atoms with Crippen LogP contribution in [0.15, 0.2) is 195 Å². The Morgan fingerprint density at radius 2 is 1.04 bits per heavy atom. The van der Waals surface area contributed by atoms with Gasteiger partial charge < -0.3 is 18.4 Å². The van der Waals surface area contributed by atoms with Crippen molar-refractivity contribution < 1.29 is 4.74 Å². The van der Waals surface area contributed by atoms with Crippen LogP contribution >= 0.6 is 0 Å². The Balaban J connectivity index is 1.08. The second kappa shape index (κ2) is 13.6. The highest BCUT2D eigenvalue weighted by atomic mass is 16.5. The van der Waals surface area contributed by atoms with Crippen LogP contribution in [0.3, 0.4) is 0 Å². The van der Waals surface area contributed by atoms with Gasteiger partial charge in [-0.2, -0.15) is 10.5 Å². The molecule has 7 aromatic carbocycles. The van der Waals surface area contributed by atoms with Crippen molar-refractivity contribution >= 4 is 65.4 Å². The van der Waals surface area contributed by atoms with Crippen molar-refractivity contribution in [1.82, 2.24) is 28.7 Å². The molecule has 13 aromatic rings. The van der Waals surface area contributed by atoms with Crippen LogP contribution in [0, 0.1) is 22.7 Å². The molecule has 0 amide bonds. The van der Waals surface area contributed by atoms with Crippen LogP contribution in [0.2, 0.25) is 0 Å². The van der Waals surface area contributed by atoms with Gasteiger partial charge in [-0.15, -0.1) is 0 Å². The first kappa shape index (κ1) is 37.4. The number of hydrogen-bond donors (Lipinski definition) is 0. The van der Waals surface area contributed by atoms with Crippen molar-refractivity contribution in [3.8, 4) is 52.1 Å². The summed E-state index contributed by atoms with van der Waals surface area (Å²) in [4.78, 5) is 15.2. The average Bonchev–Trinajstić information content (AvgIpc) is 4.12. The molecule has 9 nitrogen and oxygen atoms in total. The van der Waals surface area contributed by atoms with Crippen LogP contribution in [-0.4, -0.2) is 28.7 Å². The summed E-state index contributed by atoms with van der Waals surface area (Å²) in [6.07, 6.45) is 7.61. The fourth-order valence-corrected chi connectivity index (χ4v) is 11.8. The van der Waals surface area contributed by atoms with Crippen LogP contribution in [0.4, 0.5) is 0 Å². The van der Waals surface area contributed by atoms with Crippen molar-refractivity contribution in [1.29, 1.82) is 10.5 Å². The van der Waals surface area contributed by atoms with Gasteiger partial charge in [0.15, 0.2) is 0 Å². The predicted octanol–water partition coefficient (Wildman–Crippen LogP) is 13.4. The third-order valence-electron chi connectivity index (χ3n) is 14.5. The Hall–Kier alpha value is -9.83. The topological polar surface area (TPSA) is 110 Å².